The van der Waals surface area contributed by atoms with Gasteiger partial charge in [-0.3, -0.25) is 0 Å². The van der Waals surface area contributed by atoms with E-state index in [1.54, 1.807) is 12.1 Å². The Kier molecular flexibility index (Phi) is 7.85. The summed E-state index contributed by atoms with van der Waals surface area (Å²) in [5, 5.41) is 17.5. The normalized spacial score (nSPS) is 11.6. The molecule has 0 unspecified atom stereocenters. The number of benzene rings is 1. The maximum absolute atomic E-state index is 8.86. The molecule has 0 aromatic heterocycles. The largest absolute Gasteiger partial charge is 0.388 e. The van der Waals surface area contributed by atoms with Gasteiger partial charge in [-0.05, 0) is 17.7 Å². The Balaban J connectivity index is 2.89. The first-order chi connectivity index (χ1) is 10.7. The van der Waals surface area contributed by atoms with Gasteiger partial charge in [-0.2, -0.15) is 10.5 Å². The molecule has 0 bridgehead atoms. The number of rotatable bonds is 7. The zero-order valence-electron chi connectivity index (χ0n) is 11.8. The Morgan fingerprint density at radius 1 is 1.14 bits per heavy atom. The highest BCUT2D eigenvalue weighted by molar-refractivity contribution is 6.18. The third-order valence-corrected chi connectivity index (χ3v) is 3.13. The van der Waals surface area contributed by atoms with Crippen molar-refractivity contribution >= 4 is 35.1 Å². The SMILES string of the molecule is N#CC(N)=C(C#N)N=Cc1ccc(N(CCCl)CCCl)cc1. The van der Waals surface area contributed by atoms with E-state index in [0.29, 0.717) is 24.8 Å². The van der Waals surface area contributed by atoms with Crippen molar-refractivity contribution in [3.05, 3.63) is 41.2 Å². The summed E-state index contributed by atoms with van der Waals surface area (Å²) in [6, 6.07) is 11.0. The molecule has 22 heavy (non-hydrogen) atoms. The highest BCUT2D eigenvalue weighted by atomic mass is 35.5. The molecule has 7 heteroatoms. The van der Waals surface area contributed by atoms with Crippen molar-refractivity contribution in [1.82, 2.24) is 0 Å². The fourth-order valence-corrected chi connectivity index (χ4v) is 2.10. The van der Waals surface area contributed by atoms with Crippen LogP contribution in [-0.2, 0) is 0 Å². The Morgan fingerprint density at radius 2 is 1.73 bits per heavy atom. The number of nitrogens with zero attached hydrogens (tertiary/aromatic N) is 4. The summed E-state index contributed by atoms with van der Waals surface area (Å²) < 4.78 is 0. The third kappa shape index (κ3) is 5.29. The van der Waals surface area contributed by atoms with E-state index in [1.165, 1.54) is 6.21 Å². The van der Waals surface area contributed by atoms with Crippen molar-refractivity contribution < 1.29 is 0 Å². The average molecular weight is 336 g/mol. The quantitative estimate of drug-likeness (QED) is 0.471. The Morgan fingerprint density at radius 3 is 2.18 bits per heavy atom. The van der Waals surface area contributed by atoms with Gasteiger partial charge < -0.3 is 10.6 Å². The zero-order valence-corrected chi connectivity index (χ0v) is 13.3. The van der Waals surface area contributed by atoms with Crippen molar-refractivity contribution in [1.29, 1.82) is 10.5 Å². The Hall–Kier alpha value is -2.21. The van der Waals surface area contributed by atoms with E-state index in [9.17, 15) is 0 Å². The molecule has 0 heterocycles. The lowest BCUT2D eigenvalue weighted by Crippen LogP contribution is -2.27. The van der Waals surface area contributed by atoms with Gasteiger partial charge in [0.25, 0.3) is 0 Å². The molecule has 0 saturated heterocycles. The lowest BCUT2D eigenvalue weighted by Gasteiger charge is -2.22. The van der Waals surface area contributed by atoms with Crippen molar-refractivity contribution in [2.75, 3.05) is 29.7 Å². The molecule has 1 rings (SSSR count). The van der Waals surface area contributed by atoms with E-state index in [1.807, 2.05) is 24.3 Å². The molecule has 0 radical (unpaired) electrons. The summed E-state index contributed by atoms with van der Waals surface area (Å²) in [5.41, 5.74) is 6.87. The van der Waals surface area contributed by atoms with Gasteiger partial charge in [0.15, 0.2) is 5.70 Å². The third-order valence-electron chi connectivity index (χ3n) is 2.79. The van der Waals surface area contributed by atoms with Gasteiger partial charge in [0.2, 0.25) is 0 Å². The standard InChI is InChI=1S/C15H15Cl2N5/c16-5-7-22(8-6-17)13-3-1-12(2-4-13)11-21-15(10-19)14(20)9-18/h1-4,11H,5-8,20H2. The smallest absolute Gasteiger partial charge is 0.174 e. The van der Waals surface area contributed by atoms with Gasteiger partial charge >= 0.3 is 0 Å². The molecule has 0 amide bonds. The van der Waals surface area contributed by atoms with Crippen LogP contribution in [0.15, 0.2) is 40.7 Å². The molecule has 2 N–H and O–H groups in total. The molecule has 5 nitrogen and oxygen atoms in total. The maximum atomic E-state index is 8.86. The van der Waals surface area contributed by atoms with E-state index in [0.717, 1.165) is 11.3 Å². The molecule has 0 aliphatic rings. The molecule has 0 aliphatic heterocycles. The van der Waals surface area contributed by atoms with Crippen LogP contribution in [0.3, 0.4) is 0 Å². The summed E-state index contributed by atoms with van der Waals surface area (Å²) >= 11 is 11.6. The second-order valence-corrected chi connectivity index (χ2v) is 4.96. The Bertz CT molecular complexity index is 617. The van der Waals surface area contributed by atoms with Crippen LogP contribution >= 0.6 is 23.2 Å². The first kappa shape index (κ1) is 17.8. The molecule has 0 fully saturated rings. The number of allylic oxidation sites excluding steroid dienone is 2. The van der Waals surface area contributed by atoms with E-state index in [2.05, 4.69) is 9.89 Å². The van der Waals surface area contributed by atoms with Crippen LogP contribution in [-0.4, -0.2) is 31.1 Å². The van der Waals surface area contributed by atoms with Crippen LogP contribution in [0.2, 0.25) is 0 Å². The van der Waals surface area contributed by atoms with Crippen LogP contribution in [0.1, 0.15) is 5.56 Å². The van der Waals surface area contributed by atoms with E-state index in [4.69, 9.17) is 39.5 Å². The highest BCUT2D eigenvalue weighted by Crippen LogP contribution is 2.15. The fourth-order valence-electron chi connectivity index (χ4n) is 1.70. The van der Waals surface area contributed by atoms with Crippen molar-refractivity contribution in [3.8, 4) is 12.1 Å². The molecular weight excluding hydrogens is 321 g/mol. The Labute approximate surface area is 139 Å². The number of nitriles is 2. The van der Waals surface area contributed by atoms with E-state index >= 15 is 0 Å². The number of hydrogen-bond acceptors (Lipinski definition) is 5. The van der Waals surface area contributed by atoms with E-state index in [-0.39, 0.29) is 11.4 Å². The van der Waals surface area contributed by atoms with Crippen molar-refractivity contribution in [2.45, 2.75) is 0 Å². The van der Waals surface area contributed by atoms with Gasteiger partial charge in [-0.25, -0.2) is 4.99 Å². The number of hydrogen-bond donors (Lipinski definition) is 1. The van der Waals surface area contributed by atoms with Gasteiger partial charge in [0.05, 0.1) is 0 Å². The van der Waals surface area contributed by atoms with Crippen LogP contribution in [0, 0.1) is 22.7 Å². The monoisotopic (exact) mass is 335 g/mol. The first-order valence-corrected chi connectivity index (χ1v) is 7.54. The molecule has 0 saturated carbocycles. The van der Waals surface area contributed by atoms with Gasteiger partial charge in [-0.1, -0.05) is 12.1 Å². The fraction of sp³-hybridized carbons (Fsp3) is 0.267. The van der Waals surface area contributed by atoms with Gasteiger partial charge in [-0.15, -0.1) is 23.2 Å². The second kappa shape index (κ2) is 9.68. The lowest BCUT2D eigenvalue weighted by atomic mass is 10.2. The number of nitrogens with two attached hydrogens (primary N) is 1. The molecule has 0 aliphatic carbocycles. The van der Waals surface area contributed by atoms with Crippen molar-refractivity contribution in [3.63, 3.8) is 0 Å². The van der Waals surface area contributed by atoms with Crippen molar-refractivity contribution in [2.24, 2.45) is 10.7 Å². The maximum Gasteiger partial charge on any atom is 0.174 e. The highest BCUT2D eigenvalue weighted by Gasteiger charge is 2.05. The summed E-state index contributed by atoms with van der Waals surface area (Å²) in [6.07, 6.45) is 1.49. The molecular formula is C15H15Cl2N5. The summed E-state index contributed by atoms with van der Waals surface area (Å²) in [7, 11) is 0. The van der Waals surface area contributed by atoms with Crippen LogP contribution in [0.4, 0.5) is 5.69 Å². The second-order valence-electron chi connectivity index (χ2n) is 4.20. The zero-order chi connectivity index (χ0) is 16.4. The molecule has 114 valence electrons. The molecule has 0 atom stereocenters. The number of alkyl halides is 2. The number of aliphatic imine (C=N–C) groups is 1. The topological polar surface area (TPSA) is 89.2 Å². The van der Waals surface area contributed by atoms with E-state index < -0.39 is 0 Å². The van der Waals surface area contributed by atoms with Crippen LogP contribution in [0.5, 0.6) is 0 Å². The summed E-state index contributed by atoms with van der Waals surface area (Å²) in [4.78, 5) is 6.00. The average Bonchev–Trinajstić information content (AvgIpc) is 2.55. The predicted molar refractivity (Wildman–Crippen MR) is 90.1 cm³/mol. The minimum atomic E-state index is -0.203. The number of halogens is 2. The number of anilines is 1. The molecule has 0 spiro atoms. The lowest BCUT2D eigenvalue weighted by molar-refractivity contribution is 0.874. The van der Waals surface area contributed by atoms with Gasteiger partial charge in [0.1, 0.15) is 17.8 Å². The summed E-state index contributed by atoms with van der Waals surface area (Å²) in [5.74, 6) is 1.04. The van der Waals surface area contributed by atoms with Crippen LogP contribution < -0.4 is 10.6 Å². The minimum absolute atomic E-state index is 0.0996. The molecule has 1 aromatic carbocycles. The van der Waals surface area contributed by atoms with Gasteiger partial charge in [0, 0.05) is 36.8 Å². The minimum Gasteiger partial charge on any atom is -0.388 e. The molecule has 1 aromatic rings. The van der Waals surface area contributed by atoms with Crippen LogP contribution in [0.25, 0.3) is 0 Å². The summed E-state index contributed by atoms with van der Waals surface area (Å²) in [6.45, 7) is 1.42. The predicted octanol–water partition coefficient (Wildman–Crippen LogP) is 2.61. The first-order valence-electron chi connectivity index (χ1n) is 6.47.